The summed E-state index contributed by atoms with van der Waals surface area (Å²) in [6, 6.07) is 16.8. The number of thiazole rings is 1. The molecule has 2 aliphatic heterocycles. The zero-order chi connectivity index (χ0) is 53.4. The number of anilines is 5. The first-order valence-electron chi connectivity index (χ1n) is 24.7. The molecule has 0 unspecified atom stereocenters. The summed E-state index contributed by atoms with van der Waals surface area (Å²) in [5, 5.41) is 38.4. The molecule has 2 aromatic carbocycles. The molecule has 394 valence electrons. The molecule has 0 radical (unpaired) electrons. The van der Waals surface area contributed by atoms with Crippen LogP contribution in [0.15, 0.2) is 78.7 Å². The normalized spacial score (nSPS) is 16.0. The molecule has 75 heavy (non-hydrogen) atoms. The van der Waals surface area contributed by atoms with Crippen LogP contribution in [0.5, 0.6) is 5.75 Å². The van der Waals surface area contributed by atoms with E-state index in [1.165, 1.54) is 11.9 Å². The summed E-state index contributed by atoms with van der Waals surface area (Å²) in [5.74, 6) is 0.0421. The van der Waals surface area contributed by atoms with Crippen molar-refractivity contribution in [2.45, 2.75) is 78.1 Å². The van der Waals surface area contributed by atoms with E-state index in [0.29, 0.717) is 66.3 Å². The van der Waals surface area contributed by atoms with Crippen LogP contribution in [0.3, 0.4) is 0 Å². The Bertz CT molecular complexity index is 3000. The highest BCUT2D eigenvalue weighted by atomic mass is 32.1. The SMILES string of the molecule is CNC(=O)c1nnc(Nc2ccc(N3CCN(C(=O)CCCC(=O)N[C@H](C(=O)N4C[C@H](O)C[C@H]4C(=O)NCc4ccc(-c5scnc5C)cc4)C(C)(C)C)CC3)cn2)cc1Nc1cccc(-c2ncn(C)n2)c1OC. The van der Waals surface area contributed by atoms with Crippen LogP contribution in [0.1, 0.15) is 68.2 Å². The van der Waals surface area contributed by atoms with Crippen molar-refractivity contribution in [3.8, 4) is 27.6 Å². The number of β-amino-alcohol motifs (C(OH)–C–C–N with tert-alkyl or cyclic N) is 1. The second-order valence-corrected chi connectivity index (χ2v) is 20.4. The van der Waals surface area contributed by atoms with Gasteiger partial charge in [-0.2, -0.15) is 5.10 Å². The highest BCUT2D eigenvalue weighted by Crippen LogP contribution is 2.37. The van der Waals surface area contributed by atoms with Gasteiger partial charge in [-0.25, -0.2) is 15.0 Å². The molecule has 6 N–H and O–H groups in total. The van der Waals surface area contributed by atoms with Crippen LogP contribution in [0.25, 0.3) is 21.8 Å². The number of aromatic nitrogens is 7. The minimum atomic E-state index is -0.974. The van der Waals surface area contributed by atoms with Gasteiger partial charge in [-0.05, 0) is 54.2 Å². The second-order valence-electron chi connectivity index (χ2n) is 19.5. The number of aliphatic hydroxyl groups is 1. The monoisotopic (exact) mass is 1040 g/mol. The molecule has 0 bridgehead atoms. The van der Waals surface area contributed by atoms with Crippen LogP contribution in [0.4, 0.5) is 28.7 Å². The summed E-state index contributed by atoms with van der Waals surface area (Å²) in [6.07, 6.45) is 2.99. The molecule has 0 aliphatic carbocycles. The number of aryl methyl sites for hydroxylation is 2. The van der Waals surface area contributed by atoms with Gasteiger partial charge in [0.25, 0.3) is 5.91 Å². The number of nitrogens with one attached hydrogen (secondary N) is 5. The van der Waals surface area contributed by atoms with Crippen LogP contribution in [-0.2, 0) is 32.8 Å². The smallest absolute Gasteiger partial charge is 0.273 e. The van der Waals surface area contributed by atoms with Crippen molar-refractivity contribution in [1.29, 1.82) is 0 Å². The number of hydrogen-bond acceptors (Lipinski definition) is 17. The number of hydrogen-bond donors (Lipinski definition) is 6. The zero-order valence-corrected chi connectivity index (χ0v) is 43.9. The van der Waals surface area contributed by atoms with Crippen LogP contribution in [0, 0.1) is 12.3 Å². The lowest BCUT2D eigenvalue weighted by Crippen LogP contribution is -2.57. The van der Waals surface area contributed by atoms with Crippen molar-refractivity contribution in [2.75, 3.05) is 62.4 Å². The summed E-state index contributed by atoms with van der Waals surface area (Å²) in [5.41, 5.74) is 6.46. The molecular weight excluding hydrogens is 979 g/mol. The average Bonchev–Trinajstić information content (AvgIpc) is 4.16. The van der Waals surface area contributed by atoms with Crippen LogP contribution in [-0.4, -0.2) is 144 Å². The fourth-order valence-electron chi connectivity index (χ4n) is 9.04. The first-order valence-corrected chi connectivity index (χ1v) is 25.6. The maximum atomic E-state index is 14.1. The molecule has 6 aromatic rings. The van der Waals surface area contributed by atoms with E-state index in [0.717, 1.165) is 27.4 Å². The van der Waals surface area contributed by atoms with Gasteiger partial charge in [0.15, 0.2) is 23.1 Å². The number of amides is 5. The predicted octanol–water partition coefficient (Wildman–Crippen LogP) is 4.58. The van der Waals surface area contributed by atoms with E-state index in [1.807, 2.05) is 75.7 Å². The van der Waals surface area contributed by atoms with Gasteiger partial charge in [-0.1, -0.05) is 51.1 Å². The first kappa shape index (κ1) is 53.2. The first-order chi connectivity index (χ1) is 36.0. The number of para-hydroxylation sites is 1. The number of piperazine rings is 1. The van der Waals surface area contributed by atoms with E-state index < -0.39 is 35.4 Å². The molecule has 23 heteroatoms. The van der Waals surface area contributed by atoms with Crippen molar-refractivity contribution in [2.24, 2.45) is 12.5 Å². The van der Waals surface area contributed by atoms with Gasteiger partial charge in [0.1, 0.15) is 24.2 Å². The fourth-order valence-corrected chi connectivity index (χ4v) is 9.85. The molecule has 6 heterocycles. The highest BCUT2D eigenvalue weighted by Gasteiger charge is 2.44. The molecule has 22 nitrogen and oxygen atoms in total. The quantitative estimate of drug-likeness (QED) is 0.0688. The van der Waals surface area contributed by atoms with Crippen molar-refractivity contribution in [3.05, 3.63) is 95.6 Å². The number of ether oxygens (including phenoxy) is 1. The van der Waals surface area contributed by atoms with E-state index >= 15 is 0 Å². The number of likely N-dealkylation sites (tertiary alicyclic amines) is 1. The van der Waals surface area contributed by atoms with Crippen molar-refractivity contribution in [1.82, 2.24) is 60.7 Å². The number of pyridine rings is 1. The Labute approximate surface area is 438 Å². The Kier molecular flexibility index (Phi) is 16.6. The number of nitrogens with zero attached hydrogens (tertiary/aromatic N) is 10. The number of rotatable bonds is 18. The Morgan fingerprint density at radius 1 is 0.907 bits per heavy atom. The summed E-state index contributed by atoms with van der Waals surface area (Å²) < 4.78 is 7.35. The largest absolute Gasteiger partial charge is 0.494 e. The Hall–Kier alpha value is -8.05. The average molecular weight is 1040 g/mol. The molecule has 2 fully saturated rings. The highest BCUT2D eigenvalue weighted by molar-refractivity contribution is 7.13. The van der Waals surface area contributed by atoms with E-state index in [4.69, 9.17) is 4.74 Å². The number of benzene rings is 2. The number of aliphatic hydroxyl groups excluding tert-OH is 1. The third-order valence-corrected chi connectivity index (χ3v) is 14.1. The third-order valence-electron chi connectivity index (χ3n) is 13.1. The van der Waals surface area contributed by atoms with Gasteiger partial charge in [0.2, 0.25) is 23.6 Å². The predicted molar refractivity (Wildman–Crippen MR) is 284 cm³/mol. The van der Waals surface area contributed by atoms with Gasteiger partial charge < -0.3 is 51.1 Å². The lowest BCUT2D eigenvalue weighted by molar-refractivity contribution is -0.144. The summed E-state index contributed by atoms with van der Waals surface area (Å²) in [7, 11) is 4.82. The van der Waals surface area contributed by atoms with Crippen LogP contribution in [0.2, 0.25) is 0 Å². The molecule has 8 rings (SSSR count). The van der Waals surface area contributed by atoms with Crippen molar-refractivity contribution in [3.63, 3.8) is 0 Å². The maximum absolute atomic E-state index is 14.1. The van der Waals surface area contributed by atoms with Crippen molar-refractivity contribution >= 4 is 69.6 Å². The van der Waals surface area contributed by atoms with Gasteiger partial charge in [0.05, 0.1) is 58.1 Å². The summed E-state index contributed by atoms with van der Waals surface area (Å²) >= 11 is 1.57. The molecule has 2 saturated heterocycles. The fraction of sp³-hybridized carbons (Fsp3) is 0.404. The number of methoxy groups -OCH3 is 1. The summed E-state index contributed by atoms with van der Waals surface area (Å²) in [6.45, 7) is 9.79. The van der Waals surface area contributed by atoms with E-state index in [1.54, 1.807) is 65.8 Å². The molecule has 3 atom stereocenters. The maximum Gasteiger partial charge on any atom is 0.273 e. The van der Waals surface area contributed by atoms with Crippen LogP contribution < -0.4 is 36.2 Å². The number of carbonyl (C=O) groups is 5. The number of carbonyl (C=O) groups excluding carboxylic acids is 5. The summed E-state index contributed by atoms with van der Waals surface area (Å²) in [4.78, 5) is 86.9. The standard InChI is InChI=1S/C52H63N15O7S/c1-31-46(75-30-57-31)33-16-14-32(15-17-33)26-55-49(71)39-24-35(68)28-67(39)51(73)47(52(2,3)4)60-42(69)12-9-13-43(70)66-22-20-65(21-23-66)34-18-19-40(54-27-34)59-41-25-38(44(62-61-41)50(72)53-5)58-37-11-8-10-36(45(37)74-7)48-56-29-64(6)63-48/h8,10-11,14-19,25,27,29-30,35,39,47,68H,9,12-13,20-24,26,28H2,1-7H3,(H,53,72)(H,55,71)(H,60,69)(H2,54,58,59,61)/t35-,39+,47-/m1/s1. The Morgan fingerprint density at radius 2 is 1.68 bits per heavy atom. The second kappa shape index (κ2) is 23.4. The lowest BCUT2D eigenvalue weighted by atomic mass is 9.85. The molecule has 4 aromatic heterocycles. The lowest BCUT2D eigenvalue weighted by Gasteiger charge is -2.36. The van der Waals surface area contributed by atoms with Crippen molar-refractivity contribution < 1.29 is 33.8 Å². The third kappa shape index (κ3) is 12.8. The van der Waals surface area contributed by atoms with Gasteiger partial charge in [-0.15, -0.1) is 21.5 Å². The van der Waals surface area contributed by atoms with E-state index in [2.05, 4.69) is 61.7 Å². The minimum Gasteiger partial charge on any atom is -0.494 e. The van der Waals surface area contributed by atoms with Gasteiger partial charge in [0, 0.05) is 78.7 Å². The molecule has 0 saturated carbocycles. The molecule has 0 spiro atoms. The minimum absolute atomic E-state index is 0.0281. The Balaban J connectivity index is 0.798. The van der Waals surface area contributed by atoms with E-state index in [-0.39, 0.29) is 62.2 Å². The molecule has 5 amide bonds. The molecule has 2 aliphatic rings. The topological polar surface area (TPSA) is 267 Å². The zero-order valence-electron chi connectivity index (χ0n) is 43.1. The van der Waals surface area contributed by atoms with Gasteiger partial charge in [-0.3, -0.25) is 28.7 Å². The van der Waals surface area contributed by atoms with Gasteiger partial charge >= 0.3 is 0 Å². The van der Waals surface area contributed by atoms with Crippen LogP contribution >= 0.6 is 11.3 Å². The van der Waals surface area contributed by atoms with E-state index in [9.17, 15) is 29.1 Å². The Morgan fingerprint density at radius 3 is 2.33 bits per heavy atom. The molecular formula is C52H63N15O7S.